The summed E-state index contributed by atoms with van der Waals surface area (Å²) < 4.78 is 1.04. The van der Waals surface area contributed by atoms with Crippen LogP contribution in [0.4, 0.5) is 0 Å². The first kappa shape index (κ1) is 12.6. The van der Waals surface area contributed by atoms with Crippen molar-refractivity contribution in [3.63, 3.8) is 0 Å². The Kier molecular flexibility index (Phi) is 3.28. The van der Waals surface area contributed by atoms with E-state index in [4.69, 9.17) is 11.6 Å². The van der Waals surface area contributed by atoms with Gasteiger partial charge >= 0.3 is 0 Å². The molecule has 0 saturated carbocycles. The van der Waals surface area contributed by atoms with Crippen LogP contribution in [0, 0.1) is 3.57 Å². The standard InChI is InChI=1S/C14H8ClIN2O/c15-11-7-8(16)5-6-9(11)13-17-12-4-2-1-3-10(12)14(19)18-13/h1-7H,(H,17,18,19). The largest absolute Gasteiger partial charge is 0.306 e. The van der Waals surface area contributed by atoms with Crippen LogP contribution in [0.5, 0.6) is 0 Å². The molecule has 19 heavy (non-hydrogen) atoms. The number of nitrogens with zero attached hydrogens (tertiary/aromatic N) is 1. The van der Waals surface area contributed by atoms with E-state index < -0.39 is 0 Å². The van der Waals surface area contributed by atoms with Crippen LogP contribution in [-0.2, 0) is 0 Å². The molecule has 1 N–H and O–H groups in total. The molecule has 0 aliphatic carbocycles. The van der Waals surface area contributed by atoms with Crippen molar-refractivity contribution >= 4 is 45.1 Å². The molecule has 0 aliphatic heterocycles. The van der Waals surface area contributed by atoms with Gasteiger partial charge in [0.2, 0.25) is 0 Å². The molecule has 0 fully saturated rings. The van der Waals surface area contributed by atoms with Crippen molar-refractivity contribution in [3.05, 3.63) is 61.4 Å². The normalized spacial score (nSPS) is 10.8. The fourth-order valence-electron chi connectivity index (χ4n) is 1.90. The van der Waals surface area contributed by atoms with E-state index in [1.807, 2.05) is 36.4 Å². The smallest absolute Gasteiger partial charge is 0.259 e. The minimum Gasteiger partial charge on any atom is -0.306 e. The van der Waals surface area contributed by atoms with Gasteiger partial charge in [-0.05, 0) is 52.9 Å². The summed E-state index contributed by atoms with van der Waals surface area (Å²) in [5.41, 5.74) is 1.23. The summed E-state index contributed by atoms with van der Waals surface area (Å²) in [5.74, 6) is 0.491. The van der Waals surface area contributed by atoms with E-state index in [1.54, 1.807) is 6.07 Å². The Morgan fingerprint density at radius 1 is 1.16 bits per heavy atom. The number of para-hydroxylation sites is 1. The van der Waals surface area contributed by atoms with Crippen molar-refractivity contribution in [1.82, 2.24) is 9.97 Å². The number of hydrogen-bond acceptors (Lipinski definition) is 2. The highest BCUT2D eigenvalue weighted by molar-refractivity contribution is 14.1. The molecule has 1 heterocycles. The molecule has 0 unspecified atom stereocenters. The zero-order chi connectivity index (χ0) is 13.4. The second kappa shape index (κ2) is 4.94. The molecule has 0 spiro atoms. The molecular formula is C14H8ClIN2O. The van der Waals surface area contributed by atoms with Crippen LogP contribution in [0.15, 0.2) is 47.3 Å². The Labute approximate surface area is 127 Å². The Morgan fingerprint density at radius 3 is 2.74 bits per heavy atom. The van der Waals surface area contributed by atoms with Crippen LogP contribution in [-0.4, -0.2) is 9.97 Å². The summed E-state index contributed by atoms with van der Waals surface area (Å²) in [6.07, 6.45) is 0. The van der Waals surface area contributed by atoms with Crippen LogP contribution in [0.3, 0.4) is 0 Å². The van der Waals surface area contributed by atoms with Crippen molar-refractivity contribution < 1.29 is 0 Å². The van der Waals surface area contributed by atoms with Gasteiger partial charge in [0.15, 0.2) is 0 Å². The topological polar surface area (TPSA) is 45.8 Å². The summed E-state index contributed by atoms with van der Waals surface area (Å²) in [6.45, 7) is 0. The molecule has 94 valence electrons. The molecule has 0 radical (unpaired) electrons. The zero-order valence-electron chi connectivity index (χ0n) is 9.65. The maximum absolute atomic E-state index is 12.0. The van der Waals surface area contributed by atoms with Gasteiger partial charge in [0.25, 0.3) is 5.56 Å². The van der Waals surface area contributed by atoms with Gasteiger partial charge in [0, 0.05) is 9.13 Å². The van der Waals surface area contributed by atoms with Gasteiger partial charge in [-0.15, -0.1) is 0 Å². The van der Waals surface area contributed by atoms with Gasteiger partial charge in [0.1, 0.15) is 5.82 Å². The molecule has 3 nitrogen and oxygen atoms in total. The lowest BCUT2D eigenvalue weighted by atomic mass is 10.2. The van der Waals surface area contributed by atoms with E-state index in [2.05, 4.69) is 32.6 Å². The monoisotopic (exact) mass is 382 g/mol. The number of nitrogens with one attached hydrogen (secondary N) is 1. The lowest BCUT2D eigenvalue weighted by Crippen LogP contribution is -2.09. The first-order valence-corrected chi connectivity index (χ1v) is 7.05. The molecule has 5 heteroatoms. The lowest BCUT2D eigenvalue weighted by Gasteiger charge is -2.05. The molecule has 2 aromatic carbocycles. The van der Waals surface area contributed by atoms with E-state index in [9.17, 15) is 4.79 Å². The van der Waals surface area contributed by atoms with Gasteiger partial charge in [-0.25, -0.2) is 4.98 Å². The number of H-pyrrole nitrogens is 1. The third kappa shape index (κ3) is 2.37. The van der Waals surface area contributed by atoms with E-state index >= 15 is 0 Å². The highest BCUT2D eigenvalue weighted by atomic mass is 127. The Balaban J connectivity index is 2.28. The zero-order valence-corrected chi connectivity index (χ0v) is 12.6. The number of aromatic nitrogens is 2. The summed E-state index contributed by atoms with van der Waals surface area (Å²) >= 11 is 8.39. The molecule has 0 saturated heterocycles. The lowest BCUT2D eigenvalue weighted by molar-refractivity contribution is 1.18. The molecular weight excluding hydrogens is 375 g/mol. The molecule has 0 aliphatic rings. The van der Waals surface area contributed by atoms with Gasteiger partial charge < -0.3 is 4.98 Å². The molecule has 3 aromatic rings. The van der Waals surface area contributed by atoms with E-state index in [-0.39, 0.29) is 5.56 Å². The van der Waals surface area contributed by atoms with E-state index in [1.165, 1.54) is 0 Å². The second-order valence-corrected chi connectivity index (χ2v) is 5.71. The molecule has 0 atom stereocenters. The Bertz CT molecular complexity index is 829. The van der Waals surface area contributed by atoms with Gasteiger partial charge in [-0.2, -0.15) is 0 Å². The average molecular weight is 383 g/mol. The number of fused-ring (bicyclic) bond motifs is 1. The molecule has 0 amide bonds. The first-order chi connectivity index (χ1) is 9.15. The third-order valence-corrected chi connectivity index (χ3v) is 3.78. The quantitative estimate of drug-likeness (QED) is 0.650. The van der Waals surface area contributed by atoms with Crippen molar-refractivity contribution in [2.24, 2.45) is 0 Å². The van der Waals surface area contributed by atoms with Crippen LogP contribution in [0.25, 0.3) is 22.3 Å². The fraction of sp³-hybridized carbons (Fsp3) is 0. The van der Waals surface area contributed by atoms with Crippen molar-refractivity contribution in [2.45, 2.75) is 0 Å². The number of aromatic amines is 1. The van der Waals surface area contributed by atoms with Gasteiger partial charge in [0.05, 0.1) is 15.9 Å². The van der Waals surface area contributed by atoms with Crippen molar-refractivity contribution in [2.75, 3.05) is 0 Å². The molecule has 1 aromatic heterocycles. The maximum atomic E-state index is 12.0. The summed E-state index contributed by atoms with van der Waals surface area (Å²) in [5, 5.41) is 1.15. The Morgan fingerprint density at radius 2 is 1.95 bits per heavy atom. The first-order valence-electron chi connectivity index (χ1n) is 5.59. The minimum atomic E-state index is -0.157. The predicted octanol–water partition coefficient (Wildman–Crippen LogP) is 3.85. The average Bonchev–Trinajstić information content (AvgIpc) is 2.38. The van der Waals surface area contributed by atoms with Gasteiger partial charge in [-0.1, -0.05) is 23.7 Å². The van der Waals surface area contributed by atoms with Crippen molar-refractivity contribution in [3.8, 4) is 11.4 Å². The van der Waals surface area contributed by atoms with Crippen LogP contribution < -0.4 is 5.56 Å². The van der Waals surface area contributed by atoms with Crippen LogP contribution in [0.2, 0.25) is 5.02 Å². The summed E-state index contributed by atoms with van der Waals surface area (Å²) in [6, 6.07) is 12.9. The SMILES string of the molecule is O=c1[nH]c(-c2ccc(I)cc2Cl)nc2ccccc12. The second-order valence-electron chi connectivity index (χ2n) is 4.06. The van der Waals surface area contributed by atoms with Gasteiger partial charge in [-0.3, -0.25) is 4.79 Å². The summed E-state index contributed by atoms with van der Waals surface area (Å²) in [7, 11) is 0. The minimum absolute atomic E-state index is 0.157. The number of halogens is 2. The fourth-order valence-corrected chi connectivity index (χ4v) is 2.84. The maximum Gasteiger partial charge on any atom is 0.259 e. The predicted molar refractivity (Wildman–Crippen MR) is 85.5 cm³/mol. The third-order valence-electron chi connectivity index (χ3n) is 2.80. The molecule has 3 rings (SSSR count). The van der Waals surface area contributed by atoms with E-state index in [0.29, 0.717) is 21.7 Å². The molecule has 0 bridgehead atoms. The van der Waals surface area contributed by atoms with E-state index in [0.717, 1.165) is 9.13 Å². The highest BCUT2D eigenvalue weighted by Gasteiger charge is 2.09. The number of hydrogen-bond donors (Lipinski definition) is 1. The highest BCUT2D eigenvalue weighted by Crippen LogP contribution is 2.26. The van der Waals surface area contributed by atoms with Crippen molar-refractivity contribution in [1.29, 1.82) is 0 Å². The number of benzene rings is 2. The summed E-state index contributed by atoms with van der Waals surface area (Å²) in [4.78, 5) is 19.2. The Hall–Kier alpha value is -1.40. The van der Waals surface area contributed by atoms with Crippen LogP contribution in [0.1, 0.15) is 0 Å². The number of rotatable bonds is 1. The van der Waals surface area contributed by atoms with Crippen LogP contribution >= 0.6 is 34.2 Å².